The van der Waals surface area contributed by atoms with Crippen molar-refractivity contribution in [3.05, 3.63) is 62.4 Å². The van der Waals surface area contributed by atoms with Crippen molar-refractivity contribution in [3.63, 3.8) is 0 Å². The SMILES string of the molecule is CCC[C@@H](NC)c1cc(NC(=O)c2c(N)ncn(-c3c(Cl)cc(OC)cc3Cl)c2=O)cnn1. The number of rotatable bonds is 8. The lowest BCUT2D eigenvalue weighted by Crippen LogP contribution is -2.31. The highest BCUT2D eigenvalue weighted by Crippen LogP contribution is 2.32. The second-order valence-corrected chi connectivity index (χ2v) is 7.89. The highest BCUT2D eigenvalue weighted by Gasteiger charge is 2.22. The molecule has 2 heterocycles. The topological polar surface area (TPSA) is 137 Å². The summed E-state index contributed by atoms with van der Waals surface area (Å²) in [5.41, 5.74) is 5.93. The van der Waals surface area contributed by atoms with Crippen LogP contribution in [0.4, 0.5) is 11.5 Å². The Bertz CT molecular complexity index is 1210. The molecule has 1 amide bonds. The number of hydrogen-bond acceptors (Lipinski definition) is 8. The van der Waals surface area contributed by atoms with Gasteiger partial charge in [0.2, 0.25) is 0 Å². The van der Waals surface area contributed by atoms with E-state index in [1.807, 2.05) is 7.05 Å². The summed E-state index contributed by atoms with van der Waals surface area (Å²) in [6.07, 6.45) is 4.31. The van der Waals surface area contributed by atoms with E-state index in [9.17, 15) is 9.59 Å². The van der Waals surface area contributed by atoms with Gasteiger partial charge in [0.15, 0.2) is 0 Å². The Hall–Kier alpha value is -3.21. The molecule has 0 aliphatic carbocycles. The molecular weight excluding hydrogens is 469 g/mol. The highest BCUT2D eigenvalue weighted by atomic mass is 35.5. The molecule has 12 heteroatoms. The van der Waals surface area contributed by atoms with E-state index in [0.29, 0.717) is 17.1 Å². The minimum atomic E-state index is -0.754. The van der Waals surface area contributed by atoms with Gasteiger partial charge in [-0.2, -0.15) is 10.2 Å². The number of benzene rings is 1. The number of ether oxygens (including phenoxy) is 1. The van der Waals surface area contributed by atoms with Gasteiger partial charge >= 0.3 is 0 Å². The second-order valence-electron chi connectivity index (χ2n) is 7.07. The molecule has 0 bridgehead atoms. The predicted octanol–water partition coefficient (Wildman–Crippen LogP) is 3.23. The lowest BCUT2D eigenvalue weighted by molar-refractivity contribution is 0.102. The molecule has 0 aliphatic heterocycles. The summed E-state index contributed by atoms with van der Waals surface area (Å²) in [5.74, 6) is -0.585. The van der Waals surface area contributed by atoms with Crippen LogP contribution in [0.15, 0.2) is 35.5 Å². The molecule has 174 valence electrons. The average molecular weight is 492 g/mol. The maximum absolute atomic E-state index is 13.2. The van der Waals surface area contributed by atoms with Gasteiger partial charge in [0.05, 0.1) is 46.5 Å². The third kappa shape index (κ3) is 5.24. The van der Waals surface area contributed by atoms with Crippen molar-refractivity contribution in [1.82, 2.24) is 25.1 Å². The Morgan fingerprint density at radius 1 is 1.27 bits per heavy atom. The zero-order valence-corrected chi connectivity index (χ0v) is 19.7. The lowest BCUT2D eigenvalue weighted by Gasteiger charge is -2.15. The molecule has 10 nitrogen and oxygen atoms in total. The van der Waals surface area contributed by atoms with Gasteiger partial charge in [-0.25, -0.2) is 4.98 Å². The number of amides is 1. The zero-order valence-electron chi connectivity index (χ0n) is 18.2. The number of carbonyl (C=O) groups excluding carboxylic acids is 1. The van der Waals surface area contributed by atoms with E-state index in [1.165, 1.54) is 25.4 Å². The number of nitrogens with zero attached hydrogens (tertiary/aromatic N) is 4. The molecule has 3 aromatic rings. The smallest absolute Gasteiger partial charge is 0.273 e. The summed E-state index contributed by atoms with van der Waals surface area (Å²) in [4.78, 5) is 30.2. The first-order chi connectivity index (χ1) is 15.8. The Kier molecular flexibility index (Phi) is 7.85. The molecule has 1 atom stereocenters. The van der Waals surface area contributed by atoms with Crippen LogP contribution >= 0.6 is 23.2 Å². The molecule has 0 saturated heterocycles. The maximum atomic E-state index is 13.2. The summed E-state index contributed by atoms with van der Waals surface area (Å²) in [6.45, 7) is 2.06. The number of nitrogen functional groups attached to an aromatic ring is 1. The van der Waals surface area contributed by atoms with Crippen LogP contribution in [0.2, 0.25) is 10.0 Å². The minimum absolute atomic E-state index is 0.0283. The van der Waals surface area contributed by atoms with Gasteiger partial charge in [0.1, 0.15) is 23.5 Å². The highest BCUT2D eigenvalue weighted by molar-refractivity contribution is 6.38. The summed E-state index contributed by atoms with van der Waals surface area (Å²) in [7, 11) is 3.28. The van der Waals surface area contributed by atoms with Gasteiger partial charge in [-0.1, -0.05) is 36.5 Å². The van der Waals surface area contributed by atoms with Gasteiger partial charge in [0, 0.05) is 12.1 Å². The molecule has 1 aromatic carbocycles. The van der Waals surface area contributed by atoms with E-state index in [2.05, 4.69) is 32.7 Å². The van der Waals surface area contributed by atoms with E-state index < -0.39 is 11.5 Å². The minimum Gasteiger partial charge on any atom is -0.497 e. The summed E-state index contributed by atoms with van der Waals surface area (Å²) in [5, 5.41) is 14.1. The number of methoxy groups -OCH3 is 1. The van der Waals surface area contributed by atoms with Gasteiger partial charge in [-0.05, 0) is 19.5 Å². The Morgan fingerprint density at radius 2 is 1.97 bits per heavy atom. The van der Waals surface area contributed by atoms with Gasteiger partial charge < -0.3 is 21.1 Å². The van der Waals surface area contributed by atoms with Crippen molar-refractivity contribution in [2.24, 2.45) is 0 Å². The first-order valence-corrected chi connectivity index (χ1v) is 10.8. The van der Waals surface area contributed by atoms with Crippen molar-refractivity contribution < 1.29 is 9.53 Å². The first-order valence-electron chi connectivity index (χ1n) is 10.0. The summed E-state index contributed by atoms with van der Waals surface area (Å²) in [6, 6.07) is 4.64. The molecular formula is C21H23Cl2N7O3. The fraction of sp³-hybridized carbons (Fsp3) is 0.286. The standard InChI is InChI=1S/C21H23Cl2N7O3/c1-4-5-15(25-2)16-6-11(9-27-29-16)28-20(31)17-19(24)26-10-30(21(17)32)18-13(22)7-12(33-3)8-14(18)23/h6-10,15,25H,4-5,24H2,1-3H3,(H,28,29,31)/t15-/m1/s1. The van der Waals surface area contributed by atoms with Gasteiger partial charge in [-0.3, -0.25) is 14.2 Å². The van der Waals surface area contributed by atoms with E-state index in [4.69, 9.17) is 33.7 Å². The number of hydrogen-bond donors (Lipinski definition) is 3. The van der Waals surface area contributed by atoms with Crippen LogP contribution in [0.25, 0.3) is 5.69 Å². The third-order valence-electron chi connectivity index (χ3n) is 4.91. The molecule has 0 fully saturated rings. The van der Waals surface area contributed by atoms with Gasteiger partial charge in [0.25, 0.3) is 11.5 Å². The lowest BCUT2D eigenvalue weighted by atomic mass is 10.1. The van der Waals surface area contributed by atoms with Crippen LogP contribution in [-0.2, 0) is 0 Å². The first kappa shape index (κ1) is 24.4. The molecule has 3 rings (SSSR count). The number of anilines is 2. The number of nitrogens with two attached hydrogens (primary N) is 1. The van der Waals surface area contributed by atoms with Crippen molar-refractivity contribution in [2.45, 2.75) is 25.8 Å². The monoisotopic (exact) mass is 491 g/mol. The van der Waals surface area contributed by atoms with Crippen molar-refractivity contribution in [3.8, 4) is 11.4 Å². The van der Waals surface area contributed by atoms with Crippen LogP contribution in [-0.4, -0.2) is 39.8 Å². The van der Waals surface area contributed by atoms with Crippen molar-refractivity contribution in [1.29, 1.82) is 0 Å². The molecule has 0 saturated carbocycles. The zero-order chi connectivity index (χ0) is 24.1. The fourth-order valence-corrected chi connectivity index (χ4v) is 3.92. The van der Waals surface area contributed by atoms with Crippen molar-refractivity contribution in [2.75, 3.05) is 25.2 Å². The molecule has 2 aromatic heterocycles. The number of carbonyl (C=O) groups is 1. The van der Waals surface area contributed by atoms with Crippen molar-refractivity contribution >= 4 is 40.6 Å². The van der Waals surface area contributed by atoms with Crippen LogP contribution in [0.3, 0.4) is 0 Å². The van der Waals surface area contributed by atoms with Crippen LogP contribution < -0.4 is 26.7 Å². The third-order valence-corrected chi connectivity index (χ3v) is 5.49. The molecule has 4 N–H and O–H groups in total. The Balaban J connectivity index is 1.99. The maximum Gasteiger partial charge on any atom is 0.273 e. The predicted molar refractivity (Wildman–Crippen MR) is 128 cm³/mol. The fourth-order valence-electron chi connectivity index (χ4n) is 3.27. The van der Waals surface area contributed by atoms with E-state index in [1.54, 1.807) is 6.07 Å². The number of halogens is 2. The largest absolute Gasteiger partial charge is 0.497 e. The van der Waals surface area contributed by atoms with E-state index in [-0.39, 0.29) is 33.2 Å². The quantitative estimate of drug-likeness (QED) is 0.436. The second kappa shape index (κ2) is 10.6. The molecule has 0 aliphatic rings. The van der Waals surface area contributed by atoms with E-state index >= 15 is 0 Å². The van der Waals surface area contributed by atoms with Gasteiger partial charge in [-0.15, -0.1) is 0 Å². The van der Waals surface area contributed by atoms with Crippen LogP contribution in [0.1, 0.15) is 41.9 Å². The molecule has 0 radical (unpaired) electrons. The molecule has 0 spiro atoms. The molecule has 33 heavy (non-hydrogen) atoms. The normalized spacial score (nSPS) is 11.8. The Morgan fingerprint density at radius 3 is 2.58 bits per heavy atom. The summed E-state index contributed by atoms with van der Waals surface area (Å²) >= 11 is 12.6. The number of aromatic nitrogens is 4. The van der Waals surface area contributed by atoms with Crippen LogP contribution in [0.5, 0.6) is 5.75 Å². The Labute approximate surface area is 200 Å². The molecule has 0 unspecified atom stereocenters. The number of nitrogens with one attached hydrogen (secondary N) is 2. The summed E-state index contributed by atoms with van der Waals surface area (Å²) < 4.78 is 6.18. The average Bonchev–Trinajstić information content (AvgIpc) is 2.78. The van der Waals surface area contributed by atoms with Crippen LogP contribution in [0, 0.1) is 0 Å². The van der Waals surface area contributed by atoms with E-state index in [0.717, 1.165) is 23.7 Å².